The topological polar surface area (TPSA) is 6.48 Å². The quantitative estimate of drug-likeness (QED) is 0.0889. The predicted molar refractivity (Wildman–Crippen MR) is 312 cm³/mol. The number of hydrogen-bond donors (Lipinski definition) is 0. The van der Waals surface area contributed by atoms with E-state index in [0.717, 1.165) is 83.5 Å². The van der Waals surface area contributed by atoms with Crippen LogP contribution in [0.4, 0.5) is 32.8 Å². The summed E-state index contributed by atoms with van der Waals surface area (Å²) in [6, 6.07) is 90.8. The van der Waals surface area contributed by atoms with Crippen LogP contribution in [0.5, 0.6) is 0 Å². The molecule has 0 aliphatic carbocycles. The molecule has 1 heterocycles. The zero-order chi connectivity index (χ0) is 49.3. The van der Waals surface area contributed by atoms with Crippen LogP contribution in [0, 0.1) is 0 Å². The monoisotopic (exact) mass is 956 g/mol. The lowest BCUT2D eigenvalue weighted by molar-refractivity contribution is 0.656. The number of thiophene rings is 1. The molecule has 0 saturated carbocycles. The van der Waals surface area contributed by atoms with Gasteiger partial charge in [0.05, 0.1) is 17.1 Å². The Bertz CT molecular complexity index is 4050. The zero-order valence-electron chi connectivity index (χ0n) is 40.3. The molecule has 12 rings (SSSR count). The van der Waals surface area contributed by atoms with E-state index in [9.17, 15) is 0 Å². The van der Waals surface area contributed by atoms with Crippen molar-refractivity contribution in [2.45, 2.75) is 6.92 Å². The minimum absolute atomic E-state index is 0.362. The van der Waals surface area contributed by atoms with Gasteiger partial charge in [0.25, 0.3) is 0 Å². The first kappa shape index (κ1) is 45.1. The van der Waals surface area contributed by atoms with Gasteiger partial charge in [-0.3, -0.25) is 0 Å². The van der Waals surface area contributed by atoms with Gasteiger partial charge in [-0.05, 0) is 106 Å². The third kappa shape index (κ3) is 8.48. The van der Waals surface area contributed by atoms with Crippen molar-refractivity contribution in [3.05, 3.63) is 296 Å². The molecule has 11 aromatic carbocycles. The number of rotatable bonds is 12. The van der Waals surface area contributed by atoms with Crippen LogP contribution < -0.4 is 9.80 Å². The summed E-state index contributed by atoms with van der Waals surface area (Å²) in [4.78, 5) is 4.46. The zero-order valence-corrected chi connectivity index (χ0v) is 41.1. The summed E-state index contributed by atoms with van der Waals surface area (Å²) in [7, 11) is 0. The third-order valence-corrected chi connectivity index (χ3v) is 15.0. The number of allylic oxidation sites excluding steroid dienone is 4. The number of halogens is 1. The molecule has 2 nitrogen and oxygen atoms in total. The smallest absolute Gasteiger partial charge is 0.148 e. The summed E-state index contributed by atoms with van der Waals surface area (Å²) in [5.41, 5.74) is 12.7. The highest BCUT2D eigenvalue weighted by Crippen LogP contribution is 2.50. The number of hydrogen-bond acceptors (Lipinski definition) is 3. The van der Waals surface area contributed by atoms with Gasteiger partial charge in [-0.1, -0.05) is 219 Å². The van der Waals surface area contributed by atoms with Gasteiger partial charge in [-0.15, -0.1) is 11.3 Å². The molecule has 348 valence electrons. The number of anilines is 5. The van der Waals surface area contributed by atoms with Crippen molar-refractivity contribution in [3.8, 4) is 22.3 Å². The van der Waals surface area contributed by atoms with E-state index >= 15 is 4.39 Å². The molecular formula is C69H49FN2S. The van der Waals surface area contributed by atoms with Gasteiger partial charge in [0.15, 0.2) is 0 Å². The maximum atomic E-state index is 18.1. The molecule has 73 heavy (non-hydrogen) atoms. The fourth-order valence-corrected chi connectivity index (χ4v) is 11.7. The van der Waals surface area contributed by atoms with Crippen molar-refractivity contribution in [1.29, 1.82) is 0 Å². The van der Waals surface area contributed by atoms with E-state index in [4.69, 9.17) is 0 Å². The molecule has 4 heteroatoms. The molecule has 0 aliphatic rings. The van der Waals surface area contributed by atoms with Crippen LogP contribution in [0.25, 0.3) is 75.1 Å². The molecule has 0 bridgehead atoms. The molecule has 0 spiro atoms. The van der Waals surface area contributed by atoms with Crippen molar-refractivity contribution >= 4 is 92.6 Å². The molecule has 0 N–H and O–H groups in total. The molecule has 0 atom stereocenters. The predicted octanol–water partition coefficient (Wildman–Crippen LogP) is 20.3. The second-order valence-electron chi connectivity index (χ2n) is 18.3. The largest absolute Gasteiger partial charge is 0.310 e. The summed E-state index contributed by atoms with van der Waals surface area (Å²) in [6.45, 7) is 6.65. The fraction of sp³-hybridized carbons (Fsp3) is 0.0145. The van der Waals surface area contributed by atoms with Crippen molar-refractivity contribution in [3.63, 3.8) is 0 Å². The van der Waals surface area contributed by atoms with Crippen LogP contribution in [-0.2, 0) is 0 Å². The van der Waals surface area contributed by atoms with Crippen LogP contribution >= 0.6 is 11.3 Å². The number of benzene rings is 11. The van der Waals surface area contributed by atoms with Crippen molar-refractivity contribution < 1.29 is 4.39 Å². The van der Waals surface area contributed by atoms with Crippen molar-refractivity contribution in [1.82, 2.24) is 0 Å². The Morgan fingerprint density at radius 1 is 0.438 bits per heavy atom. The van der Waals surface area contributed by atoms with E-state index in [1.165, 1.54) is 25.6 Å². The standard InChI is InChI=1S/C69H49FN2S/c1-47(49-24-8-3-9-25-49)44-63(70)68(48(2)50-26-10-4-11-27-50)72(65-39-23-21-35-57(65)52-30-14-6-15-31-52)54-40-42-60-62(45-54)58-36-18-19-37-59(58)67-61-43-41-55(46-66(61)73-69(60)67)71(53-32-16-7-17-33-53)64-38-22-20-34-56(64)51-28-12-5-13-29-51/h3-46H,2H2,1H3/b47-44+,68-63-. The Hall–Kier alpha value is -9.09. The molecule has 1 aromatic heterocycles. The van der Waals surface area contributed by atoms with Gasteiger partial charge in [0.2, 0.25) is 0 Å². The molecule has 0 aliphatic heterocycles. The Morgan fingerprint density at radius 3 is 1.60 bits per heavy atom. The van der Waals surface area contributed by atoms with Crippen molar-refractivity contribution in [2.24, 2.45) is 0 Å². The van der Waals surface area contributed by atoms with E-state index in [1.807, 2.05) is 109 Å². The Balaban J connectivity index is 1.09. The van der Waals surface area contributed by atoms with Gasteiger partial charge >= 0.3 is 0 Å². The van der Waals surface area contributed by atoms with Gasteiger partial charge in [0.1, 0.15) is 5.83 Å². The first-order valence-electron chi connectivity index (χ1n) is 24.6. The lowest BCUT2D eigenvalue weighted by atomic mass is 9.95. The molecular weight excluding hydrogens is 908 g/mol. The maximum absolute atomic E-state index is 18.1. The molecule has 0 unspecified atom stereocenters. The van der Waals surface area contributed by atoms with Crippen LogP contribution in [0.15, 0.2) is 285 Å². The number of nitrogens with zero attached hydrogens (tertiary/aromatic N) is 2. The minimum atomic E-state index is -0.394. The summed E-state index contributed by atoms with van der Waals surface area (Å²) >= 11 is 1.83. The fourth-order valence-electron chi connectivity index (χ4n) is 10.4. The van der Waals surface area contributed by atoms with Crippen molar-refractivity contribution in [2.75, 3.05) is 9.80 Å². The Kier molecular flexibility index (Phi) is 12.1. The normalized spacial score (nSPS) is 12.1. The highest BCUT2D eigenvalue weighted by Gasteiger charge is 2.27. The summed E-state index contributed by atoms with van der Waals surface area (Å²) in [5, 5.41) is 6.96. The Labute approximate surface area is 429 Å². The van der Waals surface area contributed by atoms with Crippen LogP contribution in [0.2, 0.25) is 0 Å². The molecule has 0 fully saturated rings. The van der Waals surface area contributed by atoms with E-state index in [-0.39, 0.29) is 0 Å². The third-order valence-electron chi connectivity index (χ3n) is 13.8. The van der Waals surface area contributed by atoms with Gasteiger partial charge < -0.3 is 9.80 Å². The maximum Gasteiger partial charge on any atom is 0.148 e. The summed E-state index contributed by atoms with van der Waals surface area (Å²) in [6.07, 6.45) is 1.65. The average Bonchev–Trinajstić information content (AvgIpc) is 3.85. The second-order valence-corrected chi connectivity index (χ2v) is 19.3. The summed E-state index contributed by atoms with van der Waals surface area (Å²) in [5.74, 6) is -0.394. The molecule has 0 amide bonds. The lowest BCUT2D eigenvalue weighted by Crippen LogP contribution is -2.19. The lowest BCUT2D eigenvalue weighted by Gasteiger charge is -2.32. The molecule has 0 radical (unpaired) electrons. The van der Waals surface area contributed by atoms with Gasteiger partial charge in [-0.2, -0.15) is 0 Å². The van der Waals surface area contributed by atoms with E-state index < -0.39 is 5.83 Å². The van der Waals surface area contributed by atoms with Crippen LogP contribution in [0.3, 0.4) is 0 Å². The van der Waals surface area contributed by atoms with Crippen LogP contribution in [-0.4, -0.2) is 0 Å². The summed E-state index contributed by atoms with van der Waals surface area (Å²) < 4.78 is 20.5. The average molecular weight is 957 g/mol. The first-order valence-corrected chi connectivity index (χ1v) is 25.4. The highest BCUT2D eigenvalue weighted by molar-refractivity contribution is 7.27. The van der Waals surface area contributed by atoms with E-state index in [2.05, 4.69) is 186 Å². The van der Waals surface area contributed by atoms with E-state index in [0.29, 0.717) is 11.3 Å². The number of fused-ring (bicyclic) bond motifs is 8. The second kappa shape index (κ2) is 19.6. The van der Waals surface area contributed by atoms with Gasteiger partial charge in [0, 0.05) is 59.3 Å². The van der Waals surface area contributed by atoms with E-state index in [1.54, 1.807) is 6.08 Å². The van der Waals surface area contributed by atoms with Gasteiger partial charge in [-0.25, -0.2) is 4.39 Å². The SMILES string of the molecule is C=C(/C(=C(F)\C=C(/C)c1ccccc1)N(c1ccc2c(c1)c1ccccc1c1c3ccc(N(c4ccccc4)c4ccccc4-c4ccccc4)cc3sc21)c1ccccc1-c1ccccc1)c1ccccc1. The number of para-hydroxylation sites is 3. The minimum Gasteiger partial charge on any atom is -0.310 e. The highest BCUT2D eigenvalue weighted by atomic mass is 32.1. The Morgan fingerprint density at radius 2 is 0.945 bits per heavy atom. The molecule has 12 aromatic rings. The first-order chi connectivity index (χ1) is 36.0. The van der Waals surface area contributed by atoms with Crippen LogP contribution in [0.1, 0.15) is 18.1 Å². The molecule has 0 saturated heterocycles.